The molecule has 0 atom stereocenters. The van der Waals surface area contributed by atoms with Gasteiger partial charge in [0.1, 0.15) is 15.8 Å². The number of hydrogen-bond donors (Lipinski definition) is 1. The van der Waals surface area contributed by atoms with Crippen molar-refractivity contribution in [2.75, 3.05) is 6.54 Å². The molecule has 1 N–H and O–H groups in total. The maximum absolute atomic E-state index is 12.7. The number of para-hydroxylation sites is 1. The maximum Gasteiger partial charge on any atom is 0.303 e. The van der Waals surface area contributed by atoms with E-state index in [4.69, 9.17) is 33.7 Å². The Balaban J connectivity index is 1.79. The van der Waals surface area contributed by atoms with Crippen LogP contribution in [0.1, 0.15) is 18.4 Å². The third-order valence-corrected chi connectivity index (χ3v) is 5.49. The van der Waals surface area contributed by atoms with Crippen molar-refractivity contribution in [3.8, 4) is 11.5 Å². The monoisotopic (exact) mass is 433 g/mol. The standard InChI is InChI=1S/C20H16ClNO4S2/c21-14-6-3-7-15(12-14)26-16-8-2-1-5-13(16)11-17-19(25)22(20(27)28-17)10-4-9-18(23)24/h1-3,5-8,11-12H,4,9-10H2,(H,23,24)/b17-11-. The molecule has 1 fully saturated rings. The van der Waals surface area contributed by atoms with E-state index in [2.05, 4.69) is 0 Å². The van der Waals surface area contributed by atoms with Crippen molar-refractivity contribution in [1.29, 1.82) is 0 Å². The average Bonchev–Trinajstić information content (AvgIpc) is 2.90. The second-order valence-electron chi connectivity index (χ2n) is 5.93. The molecular formula is C20H16ClNO4S2. The van der Waals surface area contributed by atoms with Gasteiger partial charge in [-0.1, -0.05) is 59.8 Å². The summed E-state index contributed by atoms with van der Waals surface area (Å²) >= 11 is 12.5. The van der Waals surface area contributed by atoms with Crippen LogP contribution in [-0.4, -0.2) is 32.7 Å². The summed E-state index contributed by atoms with van der Waals surface area (Å²) in [4.78, 5) is 25.2. The van der Waals surface area contributed by atoms with Crippen molar-refractivity contribution in [3.05, 3.63) is 64.0 Å². The predicted molar refractivity (Wildman–Crippen MR) is 115 cm³/mol. The van der Waals surface area contributed by atoms with Gasteiger partial charge in [0.25, 0.3) is 5.91 Å². The molecule has 0 bridgehead atoms. The highest BCUT2D eigenvalue weighted by molar-refractivity contribution is 8.26. The van der Waals surface area contributed by atoms with E-state index in [1.54, 1.807) is 36.4 Å². The van der Waals surface area contributed by atoms with E-state index < -0.39 is 5.97 Å². The van der Waals surface area contributed by atoms with E-state index in [-0.39, 0.29) is 18.9 Å². The zero-order chi connectivity index (χ0) is 20.1. The number of ether oxygens (including phenoxy) is 1. The summed E-state index contributed by atoms with van der Waals surface area (Å²) < 4.78 is 6.35. The Hall–Kier alpha value is -2.35. The molecule has 2 aromatic carbocycles. The third-order valence-electron chi connectivity index (χ3n) is 3.88. The van der Waals surface area contributed by atoms with Crippen LogP contribution in [0.5, 0.6) is 11.5 Å². The number of hydrogen-bond acceptors (Lipinski definition) is 5. The van der Waals surface area contributed by atoms with E-state index >= 15 is 0 Å². The van der Waals surface area contributed by atoms with Gasteiger partial charge in [-0.25, -0.2) is 0 Å². The molecule has 1 aliphatic rings. The number of thioether (sulfide) groups is 1. The summed E-state index contributed by atoms with van der Waals surface area (Å²) in [5.74, 6) is 0.0569. The summed E-state index contributed by atoms with van der Waals surface area (Å²) in [5, 5.41) is 9.33. The van der Waals surface area contributed by atoms with Crippen molar-refractivity contribution in [1.82, 2.24) is 4.90 Å². The highest BCUT2D eigenvalue weighted by Gasteiger charge is 2.31. The number of halogens is 1. The quantitative estimate of drug-likeness (QED) is 0.478. The Morgan fingerprint density at radius 2 is 2.04 bits per heavy atom. The number of carbonyl (C=O) groups is 2. The molecule has 8 heteroatoms. The van der Waals surface area contributed by atoms with Crippen molar-refractivity contribution in [2.24, 2.45) is 0 Å². The number of carboxylic acid groups (broad SMARTS) is 1. The first-order valence-electron chi connectivity index (χ1n) is 8.43. The van der Waals surface area contributed by atoms with Crippen LogP contribution >= 0.6 is 35.6 Å². The molecule has 3 rings (SSSR count). The number of carboxylic acids is 1. The highest BCUT2D eigenvalue weighted by atomic mass is 35.5. The van der Waals surface area contributed by atoms with Gasteiger partial charge in [-0.15, -0.1) is 0 Å². The number of aliphatic carboxylic acids is 1. The van der Waals surface area contributed by atoms with Gasteiger partial charge < -0.3 is 9.84 Å². The summed E-state index contributed by atoms with van der Waals surface area (Å²) in [5.41, 5.74) is 0.730. The summed E-state index contributed by atoms with van der Waals surface area (Å²) in [6, 6.07) is 14.4. The Bertz CT molecular complexity index is 961. The zero-order valence-electron chi connectivity index (χ0n) is 14.6. The second kappa shape index (κ2) is 9.23. The van der Waals surface area contributed by atoms with Gasteiger partial charge in [-0.05, 0) is 36.8 Å². The smallest absolute Gasteiger partial charge is 0.303 e. The fraction of sp³-hybridized carbons (Fsp3) is 0.150. The molecule has 1 saturated heterocycles. The number of carbonyl (C=O) groups excluding carboxylic acids is 1. The van der Waals surface area contributed by atoms with Crippen molar-refractivity contribution < 1.29 is 19.4 Å². The van der Waals surface area contributed by atoms with Crippen molar-refractivity contribution >= 4 is 57.9 Å². The molecule has 0 spiro atoms. The lowest BCUT2D eigenvalue weighted by Gasteiger charge is -2.13. The first-order chi connectivity index (χ1) is 13.4. The number of rotatable bonds is 7. The highest BCUT2D eigenvalue weighted by Crippen LogP contribution is 2.35. The molecule has 5 nitrogen and oxygen atoms in total. The predicted octanol–water partition coefficient (Wildman–Crippen LogP) is 5.20. The number of amides is 1. The minimum Gasteiger partial charge on any atom is -0.481 e. The zero-order valence-corrected chi connectivity index (χ0v) is 17.0. The lowest BCUT2D eigenvalue weighted by atomic mass is 10.2. The SMILES string of the molecule is O=C(O)CCCN1C(=O)/C(=C/c2ccccc2Oc2cccc(Cl)c2)SC1=S. The molecule has 0 unspecified atom stereocenters. The molecule has 1 heterocycles. The summed E-state index contributed by atoms with van der Waals surface area (Å²) in [7, 11) is 0. The topological polar surface area (TPSA) is 66.8 Å². The van der Waals surface area contributed by atoms with Crippen LogP contribution in [0.25, 0.3) is 6.08 Å². The van der Waals surface area contributed by atoms with E-state index in [1.165, 1.54) is 16.7 Å². The van der Waals surface area contributed by atoms with Crippen LogP contribution in [0.15, 0.2) is 53.4 Å². The molecule has 28 heavy (non-hydrogen) atoms. The molecule has 1 aliphatic heterocycles. The average molecular weight is 434 g/mol. The molecule has 0 aromatic heterocycles. The van der Waals surface area contributed by atoms with Crippen LogP contribution in [-0.2, 0) is 9.59 Å². The van der Waals surface area contributed by atoms with E-state index in [0.717, 1.165) is 5.56 Å². The van der Waals surface area contributed by atoms with E-state index in [9.17, 15) is 9.59 Å². The molecule has 0 radical (unpaired) electrons. The van der Waals surface area contributed by atoms with Crippen LogP contribution in [0.2, 0.25) is 5.02 Å². The summed E-state index contributed by atoms with van der Waals surface area (Å²) in [6.07, 6.45) is 2.08. The van der Waals surface area contributed by atoms with E-state index in [1.807, 2.05) is 18.2 Å². The Morgan fingerprint density at radius 1 is 1.25 bits per heavy atom. The Morgan fingerprint density at radius 3 is 2.79 bits per heavy atom. The fourth-order valence-electron chi connectivity index (χ4n) is 2.57. The maximum atomic E-state index is 12.7. The Labute approximate surface area is 176 Å². The lowest BCUT2D eigenvalue weighted by Crippen LogP contribution is -2.29. The molecule has 144 valence electrons. The normalized spacial score (nSPS) is 15.3. The first kappa shape index (κ1) is 20.4. The first-order valence-corrected chi connectivity index (χ1v) is 10.0. The number of benzene rings is 2. The van der Waals surface area contributed by atoms with Gasteiger partial charge in [0.05, 0.1) is 4.91 Å². The van der Waals surface area contributed by atoms with E-state index in [0.29, 0.717) is 32.2 Å². The molecule has 0 saturated carbocycles. The molecular weight excluding hydrogens is 418 g/mol. The van der Waals surface area contributed by atoms with Gasteiger partial charge in [-0.2, -0.15) is 0 Å². The van der Waals surface area contributed by atoms with Crippen LogP contribution < -0.4 is 4.74 Å². The minimum atomic E-state index is -0.895. The van der Waals surface area contributed by atoms with Crippen LogP contribution in [0.3, 0.4) is 0 Å². The third kappa shape index (κ3) is 5.13. The van der Waals surface area contributed by atoms with Gasteiger partial charge in [0.15, 0.2) is 0 Å². The molecule has 2 aromatic rings. The van der Waals surface area contributed by atoms with Gasteiger partial charge >= 0.3 is 5.97 Å². The Kier molecular flexibility index (Phi) is 6.72. The van der Waals surface area contributed by atoms with Gasteiger partial charge in [0, 0.05) is 23.6 Å². The molecule has 1 amide bonds. The van der Waals surface area contributed by atoms with Gasteiger partial charge in [0.2, 0.25) is 0 Å². The lowest BCUT2D eigenvalue weighted by molar-refractivity contribution is -0.137. The van der Waals surface area contributed by atoms with Crippen molar-refractivity contribution in [2.45, 2.75) is 12.8 Å². The summed E-state index contributed by atoms with van der Waals surface area (Å²) in [6.45, 7) is 0.287. The largest absolute Gasteiger partial charge is 0.481 e. The van der Waals surface area contributed by atoms with Gasteiger partial charge in [-0.3, -0.25) is 14.5 Å². The number of nitrogens with zero attached hydrogens (tertiary/aromatic N) is 1. The fourth-order valence-corrected chi connectivity index (χ4v) is 4.05. The number of thiocarbonyl (C=S) groups is 1. The van der Waals surface area contributed by atoms with Crippen LogP contribution in [0, 0.1) is 0 Å². The second-order valence-corrected chi connectivity index (χ2v) is 8.04. The van der Waals surface area contributed by atoms with Crippen LogP contribution in [0.4, 0.5) is 0 Å². The minimum absolute atomic E-state index is 0.00752. The molecule has 0 aliphatic carbocycles. The van der Waals surface area contributed by atoms with Crippen molar-refractivity contribution in [3.63, 3.8) is 0 Å².